The minimum absolute atomic E-state index is 0.275. The van der Waals surface area contributed by atoms with Gasteiger partial charge in [-0.25, -0.2) is 0 Å². The van der Waals surface area contributed by atoms with E-state index in [1.165, 1.54) is 0 Å². The van der Waals surface area contributed by atoms with Gasteiger partial charge in [-0.15, -0.1) is 0 Å². The van der Waals surface area contributed by atoms with Crippen LogP contribution in [-0.4, -0.2) is 11.6 Å². The highest BCUT2D eigenvalue weighted by atomic mass is 35.5. The van der Waals surface area contributed by atoms with E-state index in [0.717, 1.165) is 0 Å². The quantitative estimate of drug-likeness (QED) is 0.665. The SMILES string of the molecule is N#CC(C#N)=NNc1ccc(NC(=O)c2cccc(Cl)c2)cc1. The first kappa shape index (κ1) is 16.0. The third-order valence-electron chi connectivity index (χ3n) is 2.74. The minimum atomic E-state index is -0.275. The van der Waals surface area contributed by atoms with Gasteiger partial charge in [0.1, 0.15) is 12.1 Å². The predicted octanol–water partition coefficient (Wildman–Crippen LogP) is 3.41. The van der Waals surface area contributed by atoms with E-state index in [4.69, 9.17) is 22.1 Å². The van der Waals surface area contributed by atoms with Crippen LogP contribution in [0.15, 0.2) is 53.6 Å². The van der Waals surface area contributed by atoms with Crippen molar-refractivity contribution in [1.82, 2.24) is 0 Å². The van der Waals surface area contributed by atoms with E-state index in [0.29, 0.717) is 22.0 Å². The Morgan fingerprint density at radius 2 is 1.70 bits per heavy atom. The third kappa shape index (κ3) is 4.57. The van der Waals surface area contributed by atoms with E-state index in [1.807, 2.05) is 0 Å². The number of carbonyl (C=O) groups is 1. The van der Waals surface area contributed by atoms with Gasteiger partial charge in [-0.3, -0.25) is 10.2 Å². The van der Waals surface area contributed by atoms with Crippen molar-refractivity contribution in [2.24, 2.45) is 5.10 Å². The molecule has 112 valence electrons. The maximum Gasteiger partial charge on any atom is 0.255 e. The average Bonchev–Trinajstić information content (AvgIpc) is 2.57. The molecule has 0 unspecified atom stereocenters. The molecule has 2 aromatic carbocycles. The zero-order chi connectivity index (χ0) is 16.7. The molecule has 0 spiro atoms. The van der Waals surface area contributed by atoms with Gasteiger partial charge in [0.25, 0.3) is 5.91 Å². The van der Waals surface area contributed by atoms with Gasteiger partial charge in [0.15, 0.2) is 0 Å². The summed E-state index contributed by atoms with van der Waals surface area (Å²) in [6.07, 6.45) is 0. The molecule has 7 heteroatoms. The van der Waals surface area contributed by atoms with Crippen LogP contribution in [0.2, 0.25) is 5.02 Å². The summed E-state index contributed by atoms with van der Waals surface area (Å²) in [5.41, 5.74) is 3.93. The lowest BCUT2D eigenvalue weighted by molar-refractivity contribution is 0.102. The number of hydrogen-bond donors (Lipinski definition) is 2. The fraction of sp³-hybridized carbons (Fsp3) is 0. The summed E-state index contributed by atoms with van der Waals surface area (Å²) in [6.45, 7) is 0. The second kappa shape index (κ2) is 7.60. The van der Waals surface area contributed by atoms with Crippen LogP contribution in [0, 0.1) is 22.7 Å². The average molecular weight is 324 g/mol. The number of nitrogens with zero attached hydrogens (tertiary/aromatic N) is 3. The van der Waals surface area contributed by atoms with Crippen LogP contribution in [0.4, 0.5) is 11.4 Å². The molecule has 0 aliphatic heterocycles. The maximum absolute atomic E-state index is 12.1. The summed E-state index contributed by atoms with van der Waals surface area (Å²) in [7, 11) is 0. The summed E-state index contributed by atoms with van der Waals surface area (Å²) < 4.78 is 0. The summed E-state index contributed by atoms with van der Waals surface area (Å²) in [5, 5.41) is 24.0. The Morgan fingerprint density at radius 1 is 1.04 bits per heavy atom. The van der Waals surface area contributed by atoms with Crippen LogP contribution < -0.4 is 10.7 Å². The lowest BCUT2D eigenvalue weighted by Gasteiger charge is -2.06. The topological polar surface area (TPSA) is 101 Å². The Bertz CT molecular complexity index is 815. The highest BCUT2D eigenvalue weighted by Gasteiger charge is 2.06. The fourth-order valence-electron chi connectivity index (χ4n) is 1.66. The first-order chi connectivity index (χ1) is 11.1. The standard InChI is InChI=1S/C16H10ClN5O/c17-12-3-1-2-11(8-12)16(23)20-13-4-6-14(7-5-13)21-22-15(9-18)10-19/h1-8,21H,(H,20,23). The number of benzene rings is 2. The summed E-state index contributed by atoms with van der Waals surface area (Å²) >= 11 is 5.85. The van der Waals surface area contributed by atoms with E-state index < -0.39 is 0 Å². The number of hydrazone groups is 1. The number of anilines is 2. The molecule has 2 rings (SSSR count). The first-order valence-corrected chi connectivity index (χ1v) is 6.81. The molecule has 0 saturated carbocycles. The maximum atomic E-state index is 12.1. The Balaban J connectivity index is 2.03. The molecular weight excluding hydrogens is 314 g/mol. The summed E-state index contributed by atoms with van der Waals surface area (Å²) in [6, 6.07) is 16.6. The van der Waals surface area contributed by atoms with Crippen molar-refractivity contribution in [3.8, 4) is 12.1 Å². The summed E-state index contributed by atoms with van der Waals surface area (Å²) in [5.74, 6) is -0.275. The van der Waals surface area contributed by atoms with E-state index in [-0.39, 0.29) is 11.6 Å². The Hall–Kier alpha value is -3.35. The van der Waals surface area contributed by atoms with Crippen LogP contribution in [0.3, 0.4) is 0 Å². The molecule has 0 aliphatic carbocycles. The molecule has 1 amide bonds. The number of carbonyl (C=O) groups excluding carboxylic acids is 1. The number of hydrogen-bond acceptors (Lipinski definition) is 5. The zero-order valence-corrected chi connectivity index (χ0v) is 12.5. The second-order valence-electron chi connectivity index (χ2n) is 4.34. The molecule has 0 bridgehead atoms. The highest BCUT2D eigenvalue weighted by molar-refractivity contribution is 6.31. The molecule has 2 N–H and O–H groups in total. The first-order valence-electron chi connectivity index (χ1n) is 6.43. The predicted molar refractivity (Wildman–Crippen MR) is 88.1 cm³/mol. The number of nitrogens with one attached hydrogen (secondary N) is 2. The molecule has 0 radical (unpaired) electrons. The van der Waals surface area contributed by atoms with E-state index in [9.17, 15) is 4.79 Å². The lowest BCUT2D eigenvalue weighted by atomic mass is 10.2. The third-order valence-corrected chi connectivity index (χ3v) is 2.97. The molecule has 6 nitrogen and oxygen atoms in total. The molecule has 0 fully saturated rings. The normalized spacial score (nSPS) is 9.17. The molecule has 23 heavy (non-hydrogen) atoms. The van der Waals surface area contributed by atoms with Crippen LogP contribution in [0.5, 0.6) is 0 Å². The number of amides is 1. The fourth-order valence-corrected chi connectivity index (χ4v) is 1.85. The number of nitriles is 2. The number of halogens is 1. The van der Waals surface area contributed by atoms with Crippen molar-refractivity contribution in [3.63, 3.8) is 0 Å². The van der Waals surface area contributed by atoms with Gasteiger partial charge in [0.05, 0.1) is 5.69 Å². The second-order valence-corrected chi connectivity index (χ2v) is 4.77. The van der Waals surface area contributed by atoms with Crippen LogP contribution in [0.25, 0.3) is 0 Å². The van der Waals surface area contributed by atoms with Gasteiger partial charge >= 0.3 is 0 Å². The zero-order valence-electron chi connectivity index (χ0n) is 11.7. The van der Waals surface area contributed by atoms with Crippen LogP contribution in [-0.2, 0) is 0 Å². The molecule has 0 aromatic heterocycles. The van der Waals surface area contributed by atoms with E-state index in [1.54, 1.807) is 60.7 Å². The van der Waals surface area contributed by atoms with Crippen LogP contribution >= 0.6 is 11.6 Å². The van der Waals surface area contributed by atoms with Crippen molar-refractivity contribution in [1.29, 1.82) is 10.5 Å². The van der Waals surface area contributed by atoms with E-state index >= 15 is 0 Å². The minimum Gasteiger partial charge on any atom is -0.322 e. The van der Waals surface area contributed by atoms with E-state index in [2.05, 4.69) is 15.8 Å². The Morgan fingerprint density at radius 3 is 2.30 bits per heavy atom. The van der Waals surface area contributed by atoms with Crippen molar-refractivity contribution in [2.75, 3.05) is 10.7 Å². The largest absolute Gasteiger partial charge is 0.322 e. The number of rotatable bonds is 4. The molecular formula is C16H10ClN5O. The smallest absolute Gasteiger partial charge is 0.255 e. The van der Waals surface area contributed by atoms with Gasteiger partial charge in [-0.2, -0.15) is 15.6 Å². The van der Waals surface area contributed by atoms with Gasteiger partial charge in [-0.1, -0.05) is 17.7 Å². The molecule has 0 saturated heterocycles. The van der Waals surface area contributed by atoms with Crippen molar-refractivity contribution >= 4 is 34.6 Å². The Kier molecular flexibility index (Phi) is 5.30. The lowest BCUT2D eigenvalue weighted by Crippen LogP contribution is -2.11. The van der Waals surface area contributed by atoms with Crippen molar-refractivity contribution < 1.29 is 4.79 Å². The van der Waals surface area contributed by atoms with Crippen molar-refractivity contribution in [2.45, 2.75) is 0 Å². The van der Waals surface area contributed by atoms with Crippen LogP contribution in [0.1, 0.15) is 10.4 Å². The molecule has 2 aromatic rings. The monoisotopic (exact) mass is 323 g/mol. The molecule has 0 atom stereocenters. The molecule has 0 aliphatic rings. The highest BCUT2D eigenvalue weighted by Crippen LogP contribution is 2.16. The van der Waals surface area contributed by atoms with Gasteiger partial charge in [0, 0.05) is 16.3 Å². The Labute approximate surface area is 137 Å². The van der Waals surface area contributed by atoms with Crippen molar-refractivity contribution in [3.05, 3.63) is 59.1 Å². The van der Waals surface area contributed by atoms with Gasteiger partial charge in [0.2, 0.25) is 5.71 Å². The van der Waals surface area contributed by atoms with Gasteiger partial charge < -0.3 is 5.32 Å². The van der Waals surface area contributed by atoms with Gasteiger partial charge in [-0.05, 0) is 42.5 Å². The molecule has 0 heterocycles. The summed E-state index contributed by atoms with van der Waals surface area (Å²) in [4.78, 5) is 12.1.